The van der Waals surface area contributed by atoms with Gasteiger partial charge in [-0.25, -0.2) is 4.79 Å². The van der Waals surface area contributed by atoms with Gasteiger partial charge in [0.15, 0.2) is 0 Å². The Hall–Kier alpha value is -2.65. The summed E-state index contributed by atoms with van der Waals surface area (Å²) in [6, 6.07) is -2.95. The minimum absolute atomic E-state index is 0.257. The van der Waals surface area contributed by atoms with Crippen molar-refractivity contribution >= 4 is 29.5 Å². The zero-order valence-electron chi connectivity index (χ0n) is 22.9. The van der Waals surface area contributed by atoms with E-state index >= 15 is 0 Å². The van der Waals surface area contributed by atoms with Crippen LogP contribution in [0, 0.1) is 11.3 Å². The van der Waals surface area contributed by atoms with Crippen molar-refractivity contribution in [3.8, 4) is 0 Å². The van der Waals surface area contributed by atoms with Crippen molar-refractivity contribution in [3.63, 3.8) is 0 Å². The molecule has 3 fully saturated rings. The average molecular weight is 520 g/mol. The maximum Gasteiger partial charge on any atom is 0.315 e. The van der Waals surface area contributed by atoms with Crippen LogP contribution < -0.4 is 21.7 Å². The van der Waals surface area contributed by atoms with E-state index in [0.29, 0.717) is 31.7 Å². The van der Waals surface area contributed by atoms with Crippen LogP contribution in [0.2, 0.25) is 0 Å². The molecule has 2 aliphatic carbocycles. The van der Waals surface area contributed by atoms with E-state index in [1.54, 1.807) is 0 Å². The Labute approximate surface area is 220 Å². The van der Waals surface area contributed by atoms with Crippen LogP contribution in [0.1, 0.15) is 98.3 Å². The molecule has 2 saturated carbocycles. The number of nitrogens with one attached hydrogen (secondary N) is 3. The molecule has 0 aromatic carbocycles. The SMILES string of the molecule is CCC1(NC(=O)N[C@H](C(=O)N2CCC[C@H]2C(=O)NC(CC2CC2)C(=O)C(N)=O)C(C)(C)C)CCCCC1. The number of likely N-dealkylation sites (tertiary alicyclic amines) is 1. The molecule has 37 heavy (non-hydrogen) atoms. The number of ketones is 1. The Balaban J connectivity index is 1.70. The third kappa shape index (κ3) is 7.45. The first-order valence-corrected chi connectivity index (χ1v) is 13.9. The van der Waals surface area contributed by atoms with E-state index in [-0.39, 0.29) is 17.5 Å². The summed E-state index contributed by atoms with van der Waals surface area (Å²) in [6.07, 6.45) is 9.33. The first-order valence-electron chi connectivity index (χ1n) is 13.9. The molecule has 1 aliphatic heterocycles. The fraction of sp³-hybridized carbons (Fsp3) is 0.815. The van der Waals surface area contributed by atoms with Crippen LogP contribution in [0.15, 0.2) is 0 Å². The van der Waals surface area contributed by atoms with Crippen molar-refractivity contribution in [1.82, 2.24) is 20.9 Å². The number of rotatable bonds is 10. The molecule has 0 bridgehead atoms. The molecule has 5 N–H and O–H groups in total. The highest BCUT2D eigenvalue weighted by Gasteiger charge is 2.44. The van der Waals surface area contributed by atoms with Gasteiger partial charge in [0.25, 0.3) is 5.91 Å². The van der Waals surface area contributed by atoms with Gasteiger partial charge in [0, 0.05) is 12.1 Å². The number of Topliss-reactive ketones (excluding diaryl/α,β-unsaturated/α-hetero) is 1. The van der Waals surface area contributed by atoms with Crippen LogP contribution >= 0.6 is 0 Å². The van der Waals surface area contributed by atoms with Gasteiger partial charge in [-0.3, -0.25) is 19.2 Å². The number of nitrogens with two attached hydrogens (primary N) is 1. The molecule has 0 aromatic rings. The van der Waals surface area contributed by atoms with Crippen LogP contribution in [0.3, 0.4) is 0 Å². The van der Waals surface area contributed by atoms with Crippen LogP contribution in [0.25, 0.3) is 0 Å². The molecular weight excluding hydrogens is 474 g/mol. The van der Waals surface area contributed by atoms with Gasteiger partial charge in [-0.15, -0.1) is 0 Å². The van der Waals surface area contributed by atoms with Gasteiger partial charge < -0.3 is 26.6 Å². The highest BCUT2D eigenvalue weighted by molar-refractivity contribution is 6.37. The van der Waals surface area contributed by atoms with E-state index in [1.165, 1.54) is 11.3 Å². The van der Waals surface area contributed by atoms with Crippen molar-refractivity contribution in [3.05, 3.63) is 0 Å². The summed E-state index contributed by atoms with van der Waals surface area (Å²) in [5.74, 6) is -2.38. The zero-order chi connectivity index (χ0) is 27.4. The number of carbonyl (C=O) groups is 5. The summed E-state index contributed by atoms with van der Waals surface area (Å²) in [6.45, 7) is 8.10. The Morgan fingerprint density at radius 2 is 1.62 bits per heavy atom. The standard InChI is InChI=1S/C27H45N5O5/c1-5-27(13-7-6-8-14-27)31-25(37)30-21(26(2,3)4)24(36)32-15-9-10-19(32)23(35)29-18(16-17-11-12-17)20(33)22(28)34/h17-19,21H,5-16H2,1-4H3,(H2,28,34)(H,29,35)(H2,30,31,37)/t18?,19-,21+/m0/s1. The van der Waals surface area contributed by atoms with Gasteiger partial charge in [0.05, 0.1) is 6.04 Å². The molecule has 1 heterocycles. The number of carbonyl (C=O) groups excluding carboxylic acids is 5. The summed E-state index contributed by atoms with van der Waals surface area (Å²) >= 11 is 0. The lowest BCUT2D eigenvalue weighted by Crippen LogP contribution is -2.62. The van der Waals surface area contributed by atoms with Crippen LogP contribution in [-0.4, -0.2) is 64.6 Å². The summed E-state index contributed by atoms with van der Waals surface area (Å²) in [5.41, 5.74) is 4.35. The number of urea groups is 1. The molecule has 5 amide bonds. The second kappa shape index (κ2) is 11.8. The van der Waals surface area contributed by atoms with E-state index in [4.69, 9.17) is 5.73 Å². The third-order valence-electron chi connectivity index (χ3n) is 8.23. The summed E-state index contributed by atoms with van der Waals surface area (Å²) < 4.78 is 0. The average Bonchev–Trinajstić information content (AvgIpc) is 3.52. The van der Waals surface area contributed by atoms with E-state index < -0.39 is 41.1 Å². The smallest absolute Gasteiger partial charge is 0.315 e. The fourth-order valence-electron chi connectivity index (χ4n) is 5.68. The molecule has 10 nitrogen and oxygen atoms in total. The molecule has 3 rings (SSSR count). The summed E-state index contributed by atoms with van der Waals surface area (Å²) in [7, 11) is 0. The topological polar surface area (TPSA) is 151 Å². The molecule has 0 spiro atoms. The molecule has 1 saturated heterocycles. The van der Waals surface area contributed by atoms with Crippen LogP contribution in [-0.2, 0) is 19.2 Å². The lowest BCUT2D eigenvalue weighted by atomic mass is 9.80. The number of hydrogen-bond donors (Lipinski definition) is 4. The lowest BCUT2D eigenvalue weighted by molar-refractivity contribution is -0.143. The Morgan fingerprint density at radius 3 is 2.16 bits per heavy atom. The monoisotopic (exact) mass is 519 g/mol. The van der Waals surface area contributed by atoms with Gasteiger partial charge >= 0.3 is 6.03 Å². The Kier molecular flexibility index (Phi) is 9.23. The highest BCUT2D eigenvalue weighted by Crippen LogP contribution is 2.34. The quantitative estimate of drug-likeness (QED) is 0.326. The van der Waals surface area contributed by atoms with Gasteiger partial charge in [-0.05, 0) is 49.9 Å². The lowest BCUT2D eigenvalue weighted by Gasteiger charge is -2.39. The fourth-order valence-corrected chi connectivity index (χ4v) is 5.68. The van der Waals surface area contributed by atoms with E-state index in [0.717, 1.165) is 44.9 Å². The minimum Gasteiger partial charge on any atom is -0.363 e. The van der Waals surface area contributed by atoms with Crippen LogP contribution in [0.5, 0.6) is 0 Å². The van der Waals surface area contributed by atoms with E-state index in [1.807, 2.05) is 20.8 Å². The molecule has 208 valence electrons. The Bertz CT molecular complexity index is 888. The predicted molar refractivity (Wildman–Crippen MR) is 139 cm³/mol. The molecule has 3 aliphatic rings. The molecule has 0 radical (unpaired) electrons. The van der Waals surface area contributed by atoms with Crippen molar-refractivity contribution in [2.45, 2.75) is 122 Å². The maximum absolute atomic E-state index is 13.8. The van der Waals surface area contributed by atoms with E-state index in [9.17, 15) is 24.0 Å². The van der Waals surface area contributed by atoms with E-state index in [2.05, 4.69) is 22.9 Å². The van der Waals surface area contributed by atoms with Crippen molar-refractivity contribution < 1.29 is 24.0 Å². The van der Waals surface area contributed by atoms with Crippen molar-refractivity contribution in [2.24, 2.45) is 17.1 Å². The molecule has 3 atom stereocenters. The van der Waals surface area contributed by atoms with Gasteiger partial charge in [0.2, 0.25) is 17.6 Å². The maximum atomic E-state index is 13.8. The number of amides is 5. The van der Waals surface area contributed by atoms with Gasteiger partial charge in [-0.1, -0.05) is 59.8 Å². The first-order chi connectivity index (χ1) is 17.4. The number of nitrogens with zero attached hydrogens (tertiary/aromatic N) is 1. The first kappa shape index (κ1) is 28.9. The van der Waals surface area contributed by atoms with Crippen molar-refractivity contribution in [1.29, 1.82) is 0 Å². The van der Waals surface area contributed by atoms with Gasteiger partial charge in [-0.2, -0.15) is 0 Å². The zero-order valence-corrected chi connectivity index (χ0v) is 22.9. The summed E-state index contributed by atoms with van der Waals surface area (Å²) in [4.78, 5) is 65.4. The molecule has 0 aromatic heterocycles. The highest BCUT2D eigenvalue weighted by atomic mass is 16.2. The normalized spacial score (nSPS) is 23.0. The second-order valence-corrected chi connectivity index (χ2v) is 12.3. The molecule has 1 unspecified atom stereocenters. The summed E-state index contributed by atoms with van der Waals surface area (Å²) in [5, 5.41) is 8.77. The Morgan fingerprint density at radius 1 is 0.973 bits per heavy atom. The number of primary amides is 1. The number of hydrogen-bond acceptors (Lipinski definition) is 5. The predicted octanol–water partition coefficient (Wildman–Crippen LogP) is 2.14. The van der Waals surface area contributed by atoms with Crippen molar-refractivity contribution in [2.75, 3.05) is 6.54 Å². The third-order valence-corrected chi connectivity index (χ3v) is 8.23. The second-order valence-electron chi connectivity index (χ2n) is 12.3. The molecular formula is C27H45N5O5. The van der Waals surface area contributed by atoms with Gasteiger partial charge in [0.1, 0.15) is 12.1 Å². The largest absolute Gasteiger partial charge is 0.363 e. The van der Waals surface area contributed by atoms with Crippen LogP contribution in [0.4, 0.5) is 4.79 Å². The minimum atomic E-state index is -1.07. The molecule has 10 heteroatoms.